The van der Waals surface area contributed by atoms with Crippen LogP contribution in [0, 0.1) is 0 Å². The van der Waals surface area contributed by atoms with Crippen LogP contribution in [0.4, 0.5) is 5.69 Å². The second-order valence-electron chi connectivity index (χ2n) is 4.38. The van der Waals surface area contributed by atoms with E-state index in [0.29, 0.717) is 5.92 Å². The molecule has 1 aromatic carbocycles. The minimum Gasteiger partial charge on any atom is -0.398 e. The minimum atomic E-state index is 0.411. The number of halogens is 1. The highest BCUT2D eigenvalue weighted by Gasteiger charge is 2.10. The molecule has 2 rings (SSSR count). The van der Waals surface area contributed by atoms with Crippen molar-refractivity contribution in [1.29, 1.82) is 0 Å². The zero-order valence-electron chi connectivity index (χ0n) is 10.0. The summed E-state index contributed by atoms with van der Waals surface area (Å²) in [6, 6.07) is 5.88. The van der Waals surface area contributed by atoms with Crippen LogP contribution in [0.1, 0.15) is 31.2 Å². The molecular formula is C13H16BrN3. The maximum Gasteiger partial charge on any atom is 0.111 e. The first-order valence-corrected chi connectivity index (χ1v) is 6.42. The highest BCUT2D eigenvalue weighted by Crippen LogP contribution is 2.24. The van der Waals surface area contributed by atoms with Crippen molar-refractivity contribution in [2.24, 2.45) is 0 Å². The molecule has 0 atom stereocenters. The Morgan fingerprint density at radius 3 is 2.82 bits per heavy atom. The third kappa shape index (κ3) is 2.52. The van der Waals surface area contributed by atoms with Crippen molar-refractivity contribution in [2.75, 3.05) is 5.73 Å². The lowest BCUT2D eigenvalue weighted by molar-refractivity contribution is 0.669. The molecule has 0 bridgehead atoms. The largest absolute Gasteiger partial charge is 0.398 e. The van der Waals surface area contributed by atoms with Crippen molar-refractivity contribution in [3.05, 3.63) is 46.5 Å². The van der Waals surface area contributed by atoms with Crippen molar-refractivity contribution < 1.29 is 0 Å². The van der Waals surface area contributed by atoms with Crippen LogP contribution in [-0.4, -0.2) is 9.55 Å². The van der Waals surface area contributed by atoms with E-state index in [-0.39, 0.29) is 0 Å². The molecule has 90 valence electrons. The number of nitrogens with two attached hydrogens (primary N) is 1. The molecule has 0 unspecified atom stereocenters. The molecule has 3 nitrogen and oxygen atoms in total. The number of nitrogens with zero attached hydrogens (tertiary/aromatic N) is 2. The number of hydrogen-bond donors (Lipinski definition) is 1. The fraction of sp³-hybridized carbons (Fsp3) is 0.308. The van der Waals surface area contributed by atoms with Crippen molar-refractivity contribution in [3.8, 4) is 0 Å². The Morgan fingerprint density at radius 1 is 1.41 bits per heavy atom. The molecule has 0 spiro atoms. The average Bonchev–Trinajstić information content (AvgIpc) is 2.72. The summed E-state index contributed by atoms with van der Waals surface area (Å²) < 4.78 is 3.18. The van der Waals surface area contributed by atoms with Gasteiger partial charge in [0.25, 0.3) is 0 Å². The van der Waals surface area contributed by atoms with Crippen molar-refractivity contribution in [3.63, 3.8) is 0 Å². The van der Waals surface area contributed by atoms with Gasteiger partial charge in [-0.25, -0.2) is 4.98 Å². The second kappa shape index (κ2) is 4.92. The van der Waals surface area contributed by atoms with Crippen LogP contribution in [-0.2, 0) is 6.54 Å². The topological polar surface area (TPSA) is 43.8 Å². The zero-order valence-corrected chi connectivity index (χ0v) is 11.6. The SMILES string of the molecule is CC(C)c1nccn1Cc1c(N)cccc1Br. The lowest BCUT2D eigenvalue weighted by atomic mass is 10.1. The van der Waals surface area contributed by atoms with E-state index in [2.05, 4.69) is 39.3 Å². The molecule has 0 radical (unpaired) electrons. The maximum atomic E-state index is 6.00. The molecule has 0 aliphatic heterocycles. The Bertz CT molecular complexity index is 497. The van der Waals surface area contributed by atoms with Crippen LogP contribution in [0.3, 0.4) is 0 Å². The molecule has 2 aromatic rings. The van der Waals surface area contributed by atoms with Gasteiger partial charge in [-0.05, 0) is 12.1 Å². The highest BCUT2D eigenvalue weighted by molar-refractivity contribution is 9.10. The summed E-state index contributed by atoms with van der Waals surface area (Å²) in [6.07, 6.45) is 3.83. The summed E-state index contributed by atoms with van der Waals surface area (Å²) in [5, 5.41) is 0. The van der Waals surface area contributed by atoms with Gasteiger partial charge in [-0.3, -0.25) is 0 Å². The first-order chi connectivity index (χ1) is 8.09. The Balaban J connectivity index is 2.35. The highest BCUT2D eigenvalue weighted by atomic mass is 79.9. The summed E-state index contributed by atoms with van der Waals surface area (Å²) in [4.78, 5) is 4.38. The fourth-order valence-corrected chi connectivity index (χ4v) is 2.37. The molecule has 0 aliphatic carbocycles. The molecular weight excluding hydrogens is 278 g/mol. The van der Waals surface area contributed by atoms with Crippen LogP contribution in [0.2, 0.25) is 0 Å². The van der Waals surface area contributed by atoms with E-state index in [0.717, 1.165) is 28.1 Å². The number of anilines is 1. The molecule has 0 fully saturated rings. The predicted octanol–water partition coefficient (Wildman–Crippen LogP) is 3.40. The van der Waals surface area contributed by atoms with Gasteiger partial charge < -0.3 is 10.3 Å². The maximum absolute atomic E-state index is 6.00. The quantitative estimate of drug-likeness (QED) is 0.882. The molecule has 4 heteroatoms. The Hall–Kier alpha value is -1.29. The summed E-state index contributed by atoms with van der Waals surface area (Å²) in [6.45, 7) is 5.03. The third-order valence-electron chi connectivity index (χ3n) is 2.75. The van der Waals surface area contributed by atoms with Gasteiger partial charge in [0.1, 0.15) is 5.82 Å². The number of aromatic nitrogens is 2. The van der Waals surface area contributed by atoms with E-state index in [1.165, 1.54) is 0 Å². The van der Waals surface area contributed by atoms with E-state index in [1.807, 2.05) is 30.6 Å². The number of imidazole rings is 1. The Labute approximate surface area is 110 Å². The molecule has 0 amide bonds. The van der Waals surface area contributed by atoms with E-state index in [9.17, 15) is 0 Å². The van der Waals surface area contributed by atoms with Gasteiger partial charge in [-0.1, -0.05) is 35.8 Å². The average molecular weight is 294 g/mol. The molecule has 1 aromatic heterocycles. The first-order valence-electron chi connectivity index (χ1n) is 5.63. The van der Waals surface area contributed by atoms with E-state index < -0.39 is 0 Å². The summed E-state index contributed by atoms with van der Waals surface area (Å²) in [5.41, 5.74) is 7.91. The number of hydrogen-bond acceptors (Lipinski definition) is 2. The van der Waals surface area contributed by atoms with Gasteiger partial charge >= 0.3 is 0 Å². The van der Waals surface area contributed by atoms with Crippen LogP contribution < -0.4 is 5.73 Å². The van der Waals surface area contributed by atoms with Gasteiger partial charge in [-0.15, -0.1) is 0 Å². The van der Waals surface area contributed by atoms with E-state index in [4.69, 9.17) is 5.73 Å². The summed E-state index contributed by atoms with van der Waals surface area (Å²) >= 11 is 3.54. The van der Waals surface area contributed by atoms with Crippen LogP contribution >= 0.6 is 15.9 Å². The van der Waals surface area contributed by atoms with Crippen molar-refractivity contribution >= 4 is 21.6 Å². The van der Waals surface area contributed by atoms with Crippen molar-refractivity contribution in [2.45, 2.75) is 26.3 Å². The zero-order chi connectivity index (χ0) is 12.4. The third-order valence-corrected chi connectivity index (χ3v) is 3.49. The molecule has 1 heterocycles. The monoisotopic (exact) mass is 293 g/mol. The van der Waals surface area contributed by atoms with Crippen LogP contribution in [0.25, 0.3) is 0 Å². The minimum absolute atomic E-state index is 0.411. The van der Waals surface area contributed by atoms with Gasteiger partial charge in [-0.2, -0.15) is 0 Å². The number of rotatable bonds is 3. The van der Waals surface area contributed by atoms with E-state index >= 15 is 0 Å². The number of benzene rings is 1. The van der Waals surface area contributed by atoms with Crippen molar-refractivity contribution in [1.82, 2.24) is 9.55 Å². The molecule has 0 saturated heterocycles. The van der Waals surface area contributed by atoms with Gasteiger partial charge in [0.2, 0.25) is 0 Å². The number of nitrogen functional groups attached to an aromatic ring is 1. The normalized spacial score (nSPS) is 11.1. The smallest absolute Gasteiger partial charge is 0.111 e. The molecule has 17 heavy (non-hydrogen) atoms. The molecule has 0 aliphatic rings. The standard InChI is InChI=1S/C13H16BrN3/c1-9(2)13-16-6-7-17(13)8-10-11(14)4-3-5-12(10)15/h3-7,9H,8,15H2,1-2H3. The van der Waals surface area contributed by atoms with Crippen LogP contribution in [0.15, 0.2) is 35.1 Å². The Kier molecular flexibility index (Phi) is 3.52. The van der Waals surface area contributed by atoms with Gasteiger partial charge in [0.05, 0.1) is 6.54 Å². The first kappa shape index (κ1) is 12.2. The van der Waals surface area contributed by atoms with Crippen LogP contribution in [0.5, 0.6) is 0 Å². The summed E-state index contributed by atoms with van der Waals surface area (Å²) in [7, 11) is 0. The predicted molar refractivity (Wildman–Crippen MR) is 74.0 cm³/mol. The lowest BCUT2D eigenvalue weighted by Gasteiger charge is -2.13. The molecule has 0 saturated carbocycles. The van der Waals surface area contributed by atoms with Gasteiger partial charge in [0.15, 0.2) is 0 Å². The van der Waals surface area contributed by atoms with E-state index in [1.54, 1.807) is 0 Å². The second-order valence-corrected chi connectivity index (χ2v) is 5.23. The molecule has 2 N–H and O–H groups in total. The Morgan fingerprint density at radius 2 is 2.18 bits per heavy atom. The lowest BCUT2D eigenvalue weighted by Crippen LogP contribution is -2.08. The fourth-order valence-electron chi connectivity index (χ4n) is 1.87. The summed E-state index contributed by atoms with van der Waals surface area (Å²) in [5.74, 6) is 1.49. The van der Waals surface area contributed by atoms with Gasteiger partial charge in [0, 0.05) is 34.0 Å².